The molecule has 4 nitrogen and oxygen atoms in total. The fraction of sp³-hybridized carbons (Fsp3) is 0.133. The Bertz CT molecular complexity index is 647. The number of rotatable bonds is 4. The van der Waals surface area contributed by atoms with Crippen LogP contribution in [0.25, 0.3) is 0 Å². The minimum Gasteiger partial charge on any atom is -0.508 e. The van der Waals surface area contributed by atoms with Crippen molar-refractivity contribution in [2.45, 2.75) is 12.5 Å². The lowest BCUT2D eigenvalue weighted by atomic mass is 10.1. The summed E-state index contributed by atoms with van der Waals surface area (Å²) >= 11 is 5.83. The molecule has 6 heteroatoms. The SMILES string of the molecule is NC(Cc1ccc(O)cc1)C(=O)Nc1ccc(F)cc1Cl. The third kappa shape index (κ3) is 4.18. The van der Waals surface area contributed by atoms with Crippen molar-refractivity contribution in [1.82, 2.24) is 0 Å². The lowest BCUT2D eigenvalue weighted by Crippen LogP contribution is -2.37. The Morgan fingerprint density at radius 1 is 1.29 bits per heavy atom. The number of carbonyl (C=O) groups excluding carboxylic acids is 1. The first kappa shape index (κ1) is 15.3. The molecule has 0 fully saturated rings. The first-order valence-corrected chi connectivity index (χ1v) is 6.63. The van der Waals surface area contributed by atoms with Crippen LogP contribution >= 0.6 is 11.6 Å². The number of phenols is 1. The maximum absolute atomic E-state index is 12.9. The van der Waals surface area contributed by atoms with Gasteiger partial charge >= 0.3 is 0 Å². The second-order valence-corrected chi connectivity index (χ2v) is 5.00. The number of nitrogens with two attached hydrogens (primary N) is 1. The van der Waals surface area contributed by atoms with E-state index in [9.17, 15) is 14.3 Å². The average molecular weight is 309 g/mol. The van der Waals surface area contributed by atoms with Crippen LogP contribution in [0.4, 0.5) is 10.1 Å². The number of nitrogens with one attached hydrogen (secondary N) is 1. The monoisotopic (exact) mass is 308 g/mol. The molecule has 2 aromatic carbocycles. The van der Waals surface area contributed by atoms with Crippen molar-refractivity contribution in [1.29, 1.82) is 0 Å². The molecule has 0 aromatic heterocycles. The standard InChI is InChI=1S/C15H14ClFN2O2/c16-12-8-10(17)3-6-14(12)19-15(21)13(18)7-9-1-4-11(20)5-2-9/h1-6,8,13,20H,7,18H2,(H,19,21). The van der Waals surface area contributed by atoms with E-state index in [1.807, 2.05) is 0 Å². The van der Waals surface area contributed by atoms with E-state index in [1.165, 1.54) is 24.3 Å². The van der Waals surface area contributed by atoms with Crippen molar-refractivity contribution in [3.8, 4) is 5.75 Å². The fourth-order valence-electron chi connectivity index (χ4n) is 1.79. The van der Waals surface area contributed by atoms with Crippen molar-refractivity contribution < 1.29 is 14.3 Å². The first-order valence-electron chi connectivity index (χ1n) is 6.25. The van der Waals surface area contributed by atoms with Crippen molar-refractivity contribution in [3.05, 3.63) is 58.9 Å². The van der Waals surface area contributed by atoms with Gasteiger partial charge in [0.2, 0.25) is 5.91 Å². The second kappa shape index (κ2) is 6.56. The van der Waals surface area contributed by atoms with Crippen LogP contribution in [-0.2, 0) is 11.2 Å². The molecule has 0 aliphatic heterocycles. The summed E-state index contributed by atoms with van der Waals surface area (Å²) in [5.74, 6) is -0.752. The zero-order valence-corrected chi connectivity index (χ0v) is 11.8. The van der Waals surface area contributed by atoms with Crippen LogP contribution in [0.5, 0.6) is 5.75 Å². The number of carbonyl (C=O) groups is 1. The molecule has 2 aromatic rings. The average Bonchev–Trinajstić information content (AvgIpc) is 2.44. The molecule has 0 bridgehead atoms. The van der Waals surface area contributed by atoms with E-state index in [-0.39, 0.29) is 10.8 Å². The number of benzene rings is 2. The molecule has 0 saturated heterocycles. The number of aromatic hydroxyl groups is 1. The van der Waals surface area contributed by atoms with Gasteiger partial charge in [-0.05, 0) is 42.3 Å². The Kier molecular flexibility index (Phi) is 4.77. The first-order chi connectivity index (χ1) is 9.95. The van der Waals surface area contributed by atoms with Crippen LogP contribution < -0.4 is 11.1 Å². The molecule has 0 aliphatic carbocycles. The Balaban J connectivity index is 2.00. The van der Waals surface area contributed by atoms with Crippen molar-refractivity contribution in [3.63, 3.8) is 0 Å². The third-order valence-electron chi connectivity index (χ3n) is 2.92. The lowest BCUT2D eigenvalue weighted by molar-refractivity contribution is -0.117. The van der Waals surface area contributed by atoms with Gasteiger partial charge in [-0.15, -0.1) is 0 Å². The van der Waals surface area contributed by atoms with Gasteiger partial charge in [-0.25, -0.2) is 4.39 Å². The molecule has 2 rings (SSSR count). The summed E-state index contributed by atoms with van der Waals surface area (Å²) in [4.78, 5) is 12.0. The minimum atomic E-state index is -0.782. The molecule has 0 spiro atoms. The second-order valence-electron chi connectivity index (χ2n) is 4.59. The van der Waals surface area contributed by atoms with Gasteiger partial charge < -0.3 is 16.2 Å². The van der Waals surface area contributed by atoms with Gasteiger partial charge in [-0.1, -0.05) is 23.7 Å². The van der Waals surface area contributed by atoms with Crippen LogP contribution in [0.2, 0.25) is 5.02 Å². The van der Waals surface area contributed by atoms with E-state index in [0.717, 1.165) is 11.6 Å². The van der Waals surface area contributed by atoms with E-state index < -0.39 is 17.8 Å². The lowest BCUT2D eigenvalue weighted by Gasteiger charge is -2.13. The molecule has 0 radical (unpaired) electrons. The molecule has 0 aliphatic rings. The van der Waals surface area contributed by atoms with Crippen LogP contribution in [0.1, 0.15) is 5.56 Å². The van der Waals surface area contributed by atoms with Gasteiger partial charge in [0.15, 0.2) is 0 Å². The summed E-state index contributed by atoms with van der Waals surface area (Å²) < 4.78 is 12.9. The van der Waals surface area contributed by atoms with Gasteiger partial charge in [0.25, 0.3) is 0 Å². The normalized spacial score (nSPS) is 12.0. The summed E-state index contributed by atoms with van der Waals surface area (Å²) in [5, 5.41) is 11.9. The molecule has 4 N–H and O–H groups in total. The Morgan fingerprint density at radius 3 is 2.57 bits per heavy atom. The molecule has 1 atom stereocenters. The highest BCUT2D eigenvalue weighted by atomic mass is 35.5. The van der Waals surface area contributed by atoms with Gasteiger partial charge in [0.05, 0.1) is 16.8 Å². The molecular formula is C15H14ClFN2O2. The van der Waals surface area contributed by atoms with E-state index in [2.05, 4.69) is 5.32 Å². The van der Waals surface area contributed by atoms with E-state index in [0.29, 0.717) is 12.1 Å². The van der Waals surface area contributed by atoms with E-state index >= 15 is 0 Å². The summed E-state index contributed by atoms with van der Waals surface area (Å²) in [7, 11) is 0. The largest absolute Gasteiger partial charge is 0.508 e. The summed E-state index contributed by atoms with van der Waals surface area (Å²) in [5.41, 5.74) is 6.95. The van der Waals surface area contributed by atoms with Gasteiger partial charge in [0.1, 0.15) is 11.6 Å². The quantitative estimate of drug-likeness (QED) is 0.813. The van der Waals surface area contributed by atoms with E-state index in [1.54, 1.807) is 12.1 Å². The van der Waals surface area contributed by atoms with Gasteiger partial charge in [0, 0.05) is 0 Å². The number of phenolic OH excluding ortho intramolecular Hbond substituents is 1. The summed E-state index contributed by atoms with van der Waals surface area (Å²) in [6, 6.07) is 9.34. The molecular weight excluding hydrogens is 295 g/mol. The molecule has 21 heavy (non-hydrogen) atoms. The topological polar surface area (TPSA) is 75.3 Å². The maximum Gasteiger partial charge on any atom is 0.241 e. The molecule has 0 heterocycles. The Hall–Kier alpha value is -2.11. The predicted molar refractivity (Wildman–Crippen MR) is 79.8 cm³/mol. The zero-order valence-electron chi connectivity index (χ0n) is 11.0. The number of anilines is 1. The highest BCUT2D eigenvalue weighted by Crippen LogP contribution is 2.22. The van der Waals surface area contributed by atoms with Crippen LogP contribution in [0.3, 0.4) is 0 Å². The molecule has 1 unspecified atom stereocenters. The highest BCUT2D eigenvalue weighted by molar-refractivity contribution is 6.33. The number of hydrogen-bond acceptors (Lipinski definition) is 3. The van der Waals surface area contributed by atoms with Gasteiger partial charge in [-0.3, -0.25) is 4.79 Å². The number of amides is 1. The maximum atomic E-state index is 12.9. The van der Waals surface area contributed by atoms with Crippen molar-refractivity contribution in [2.24, 2.45) is 5.73 Å². The summed E-state index contributed by atoms with van der Waals surface area (Å²) in [6.07, 6.45) is 0.310. The van der Waals surface area contributed by atoms with E-state index in [4.69, 9.17) is 17.3 Å². The summed E-state index contributed by atoms with van der Waals surface area (Å²) in [6.45, 7) is 0. The van der Waals surface area contributed by atoms with Crippen LogP contribution in [0, 0.1) is 5.82 Å². The molecule has 110 valence electrons. The number of halogens is 2. The highest BCUT2D eigenvalue weighted by Gasteiger charge is 2.15. The Labute approximate surface area is 126 Å². The van der Waals surface area contributed by atoms with Gasteiger partial charge in [-0.2, -0.15) is 0 Å². The number of hydrogen-bond donors (Lipinski definition) is 3. The van der Waals surface area contributed by atoms with Crippen molar-refractivity contribution in [2.75, 3.05) is 5.32 Å². The third-order valence-corrected chi connectivity index (χ3v) is 3.23. The minimum absolute atomic E-state index is 0.111. The molecule has 0 saturated carbocycles. The Morgan fingerprint density at radius 2 is 1.95 bits per heavy atom. The van der Waals surface area contributed by atoms with Crippen molar-refractivity contribution >= 4 is 23.2 Å². The smallest absolute Gasteiger partial charge is 0.241 e. The zero-order chi connectivity index (χ0) is 15.4. The van der Waals surface area contributed by atoms with Crippen LogP contribution in [-0.4, -0.2) is 17.1 Å². The molecule has 1 amide bonds. The fourth-order valence-corrected chi connectivity index (χ4v) is 2.01. The predicted octanol–water partition coefficient (Wildman–Crippen LogP) is 2.69. The van der Waals surface area contributed by atoms with Crippen LogP contribution in [0.15, 0.2) is 42.5 Å².